The van der Waals surface area contributed by atoms with Crippen LogP contribution in [0.3, 0.4) is 0 Å². The summed E-state index contributed by atoms with van der Waals surface area (Å²) in [4.78, 5) is 44.0. The average molecular weight is 328 g/mol. The molecule has 1 aromatic carbocycles. The molecule has 2 heterocycles. The first kappa shape index (κ1) is 15.5. The lowest BCUT2D eigenvalue weighted by Gasteiger charge is -2.05. The first-order valence-electron chi connectivity index (χ1n) is 7.35. The number of nitrogens with zero attached hydrogens (tertiary/aromatic N) is 2. The zero-order valence-electron chi connectivity index (χ0n) is 12.9. The van der Waals surface area contributed by atoms with Crippen molar-refractivity contribution >= 4 is 22.9 Å². The predicted molar refractivity (Wildman–Crippen MR) is 88.9 cm³/mol. The van der Waals surface area contributed by atoms with Gasteiger partial charge in [0.05, 0.1) is 6.54 Å². The van der Waals surface area contributed by atoms with E-state index in [1.807, 2.05) is 6.92 Å². The highest BCUT2D eigenvalue weighted by molar-refractivity contribution is 5.94. The van der Waals surface area contributed by atoms with Crippen molar-refractivity contribution in [3.63, 3.8) is 0 Å². The number of carbonyl (C=O) groups is 1. The van der Waals surface area contributed by atoms with Crippen molar-refractivity contribution in [3.05, 3.63) is 56.4 Å². The number of imidazole rings is 1. The highest BCUT2D eigenvalue weighted by Crippen LogP contribution is 2.12. The first-order valence-corrected chi connectivity index (χ1v) is 7.35. The Morgan fingerprint density at radius 1 is 1.25 bits per heavy atom. The van der Waals surface area contributed by atoms with Gasteiger partial charge >= 0.3 is 11.4 Å². The van der Waals surface area contributed by atoms with E-state index >= 15 is 0 Å². The van der Waals surface area contributed by atoms with Crippen molar-refractivity contribution in [2.45, 2.75) is 13.5 Å². The minimum absolute atomic E-state index is 0.0624. The lowest BCUT2D eigenvalue weighted by molar-refractivity contribution is 0.0956. The van der Waals surface area contributed by atoms with Crippen molar-refractivity contribution < 1.29 is 4.79 Å². The van der Waals surface area contributed by atoms with Gasteiger partial charge in [0.15, 0.2) is 5.65 Å². The number of fused-ring (bicyclic) bond motifs is 1. The summed E-state index contributed by atoms with van der Waals surface area (Å²) in [6.07, 6.45) is 0. The van der Waals surface area contributed by atoms with Gasteiger partial charge in [-0.2, -0.15) is 4.98 Å². The molecule has 0 fully saturated rings. The number of hydrogen-bond donors (Lipinski definition) is 4. The Morgan fingerprint density at radius 2 is 1.96 bits per heavy atom. The number of amides is 1. The van der Waals surface area contributed by atoms with Crippen molar-refractivity contribution in [1.29, 1.82) is 0 Å². The summed E-state index contributed by atoms with van der Waals surface area (Å²) in [6, 6.07) is 6.84. The third-order valence-electron chi connectivity index (χ3n) is 3.57. The van der Waals surface area contributed by atoms with Crippen molar-refractivity contribution in [2.75, 3.05) is 12.3 Å². The molecule has 24 heavy (non-hydrogen) atoms. The van der Waals surface area contributed by atoms with Gasteiger partial charge in [0.2, 0.25) is 0 Å². The van der Waals surface area contributed by atoms with Gasteiger partial charge in [0.25, 0.3) is 5.91 Å². The number of rotatable bonds is 4. The number of nitrogens with one attached hydrogen (secondary N) is 3. The van der Waals surface area contributed by atoms with Crippen molar-refractivity contribution in [1.82, 2.24) is 24.8 Å². The second-order valence-corrected chi connectivity index (χ2v) is 5.23. The maximum absolute atomic E-state index is 12.1. The molecule has 0 unspecified atom stereocenters. The molecule has 2 aromatic heterocycles. The van der Waals surface area contributed by atoms with Crippen LogP contribution < -0.4 is 22.4 Å². The molecule has 124 valence electrons. The highest BCUT2D eigenvalue weighted by atomic mass is 16.2. The van der Waals surface area contributed by atoms with Crippen LogP contribution in [-0.4, -0.2) is 32.0 Å². The van der Waals surface area contributed by atoms with Gasteiger partial charge in [-0.15, -0.1) is 0 Å². The fraction of sp³-hybridized carbons (Fsp3) is 0.200. The molecule has 3 aromatic rings. The zero-order chi connectivity index (χ0) is 17.3. The molecule has 3 rings (SSSR count). The molecule has 0 aliphatic heterocycles. The van der Waals surface area contributed by atoms with Crippen LogP contribution in [-0.2, 0) is 6.54 Å². The van der Waals surface area contributed by atoms with E-state index in [0.717, 1.165) is 5.56 Å². The summed E-state index contributed by atoms with van der Waals surface area (Å²) < 4.78 is 1.32. The minimum atomic E-state index is -0.626. The molecule has 0 bridgehead atoms. The van der Waals surface area contributed by atoms with Gasteiger partial charge in [-0.05, 0) is 24.6 Å². The molecule has 9 heteroatoms. The molecule has 0 aliphatic carbocycles. The SMILES string of the molecule is CCNC(=O)c1ccc(Cn2c(=O)[nH]c3c(N)[nH]c(=O)nc32)cc1. The molecular weight excluding hydrogens is 312 g/mol. The van der Waals surface area contributed by atoms with Crippen LogP contribution in [0.4, 0.5) is 5.82 Å². The molecule has 0 aliphatic rings. The van der Waals surface area contributed by atoms with Crippen LogP contribution in [0, 0.1) is 0 Å². The number of H-pyrrole nitrogens is 2. The van der Waals surface area contributed by atoms with Gasteiger partial charge < -0.3 is 16.0 Å². The molecule has 1 amide bonds. The van der Waals surface area contributed by atoms with E-state index in [0.29, 0.717) is 17.6 Å². The standard InChI is InChI=1S/C15H16N6O3/c1-2-17-13(22)9-5-3-8(4-6-9)7-21-12-10(18-15(21)24)11(16)19-14(23)20-12/h3-6H,2,7H2,1H3,(H,17,22)(H,18,24)(H3,16,19,20,23). The van der Waals surface area contributed by atoms with E-state index in [-0.39, 0.29) is 23.9 Å². The van der Waals surface area contributed by atoms with Gasteiger partial charge in [0.1, 0.15) is 11.3 Å². The van der Waals surface area contributed by atoms with Crippen LogP contribution in [0.5, 0.6) is 0 Å². The summed E-state index contributed by atoms with van der Waals surface area (Å²) in [5, 5.41) is 2.71. The maximum Gasteiger partial charge on any atom is 0.348 e. The van der Waals surface area contributed by atoms with E-state index in [9.17, 15) is 14.4 Å². The van der Waals surface area contributed by atoms with E-state index in [4.69, 9.17) is 5.73 Å². The Labute approximate surface area is 135 Å². The van der Waals surface area contributed by atoms with E-state index < -0.39 is 11.4 Å². The fourth-order valence-corrected chi connectivity index (χ4v) is 2.42. The third-order valence-corrected chi connectivity index (χ3v) is 3.57. The quantitative estimate of drug-likeness (QED) is 0.525. The minimum Gasteiger partial charge on any atom is -0.383 e. The second-order valence-electron chi connectivity index (χ2n) is 5.23. The van der Waals surface area contributed by atoms with Crippen LogP contribution in [0.1, 0.15) is 22.8 Å². The first-order chi connectivity index (χ1) is 11.5. The van der Waals surface area contributed by atoms with Crippen LogP contribution in [0.25, 0.3) is 11.2 Å². The number of aromatic nitrogens is 4. The Kier molecular flexibility index (Phi) is 3.90. The molecule has 0 radical (unpaired) electrons. The molecule has 9 nitrogen and oxygen atoms in total. The zero-order valence-corrected chi connectivity index (χ0v) is 12.9. The van der Waals surface area contributed by atoms with E-state index in [1.165, 1.54) is 4.57 Å². The maximum atomic E-state index is 12.1. The summed E-state index contributed by atoms with van der Waals surface area (Å²) in [5.41, 5.74) is 6.44. The monoisotopic (exact) mass is 328 g/mol. The van der Waals surface area contributed by atoms with Gasteiger partial charge in [0, 0.05) is 12.1 Å². The second kappa shape index (κ2) is 6.03. The summed E-state index contributed by atoms with van der Waals surface area (Å²) in [5.74, 6) is -0.0956. The Morgan fingerprint density at radius 3 is 2.62 bits per heavy atom. The van der Waals surface area contributed by atoms with E-state index in [1.54, 1.807) is 24.3 Å². The average Bonchev–Trinajstić information content (AvgIpc) is 2.85. The van der Waals surface area contributed by atoms with Gasteiger partial charge in [-0.25, -0.2) is 9.59 Å². The summed E-state index contributed by atoms with van der Waals surface area (Å²) in [7, 11) is 0. The lowest BCUT2D eigenvalue weighted by atomic mass is 10.1. The molecule has 0 saturated heterocycles. The number of benzene rings is 1. The fourth-order valence-electron chi connectivity index (χ4n) is 2.42. The topological polar surface area (TPSA) is 139 Å². The predicted octanol–water partition coefficient (Wildman–Crippen LogP) is -0.207. The molecule has 0 saturated carbocycles. The van der Waals surface area contributed by atoms with E-state index in [2.05, 4.69) is 20.3 Å². The number of carbonyl (C=O) groups excluding carboxylic acids is 1. The van der Waals surface area contributed by atoms with Gasteiger partial charge in [-0.1, -0.05) is 12.1 Å². The largest absolute Gasteiger partial charge is 0.383 e. The van der Waals surface area contributed by atoms with Crippen LogP contribution in [0.15, 0.2) is 33.9 Å². The molecular formula is C15H16N6O3. The normalized spacial score (nSPS) is 10.9. The highest BCUT2D eigenvalue weighted by Gasteiger charge is 2.13. The van der Waals surface area contributed by atoms with Crippen molar-refractivity contribution in [2.24, 2.45) is 0 Å². The van der Waals surface area contributed by atoms with Gasteiger partial charge in [-0.3, -0.25) is 14.3 Å². The number of anilines is 1. The Balaban J connectivity index is 1.96. The number of nitrogen functional groups attached to an aromatic ring is 1. The van der Waals surface area contributed by atoms with Crippen molar-refractivity contribution in [3.8, 4) is 0 Å². The number of nitrogens with two attached hydrogens (primary N) is 1. The Hall–Kier alpha value is -3.36. The lowest BCUT2D eigenvalue weighted by Crippen LogP contribution is -2.22. The van der Waals surface area contributed by atoms with Crippen LogP contribution >= 0.6 is 0 Å². The number of aromatic amines is 2. The smallest absolute Gasteiger partial charge is 0.348 e. The number of hydrogen-bond acceptors (Lipinski definition) is 5. The molecule has 5 N–H and O–H groups in total. The summed E-state index contributed by atoms with van der Waals surface area (Å²) >= 11 is 0. The van der Waals surface area contributed by atoms with Crippen LogP contribution in [0.2, 0.25) is 0 Å². The molecule has 0 spiro atoms. The third kappa shape index (κ3) is 2.78. The Bertz CT molecular complexity index is 1010. The molecule has 0 atom stereocenters. The summed E-state index contributed by atoms with van der Waals surface area (Å²) in [6.45, 7) is 2.59.